The monoisotopic (exact) mass is 383 g/mol. The number of carbonyl (C=O) groups excluding carboxylic acids is 1. The Kier molecular flexibility index (Phi) is 4.87. The van der Waals surface area contributed by atoms with Crippen molar-refractivity contribution in [1.82, 2.24) is 10.2 Å². The van der Waals surface area contributed by atoms with E-state index in [1.54, 1.807) is 0 Å². The minimum atomic E-state index is -0.219. The van der Waals surface area contributed by atoms with Crippen molar-refractivity contribution in [2.24, 2.45) is 0 Å². The molecule has 1 amide bonds. The summed E-state index contributed by atoms with van der Waals surface area (Å²) in [5.41, 5.74) is 5.07. The molecule has 2 aromatic carbocycles. The van der Waals surface area contributed by atoms with Gasteiger partial charge < -0.3 is 15.5 Å². The van der Waals surface area contributed by atoms with Gasteiger partial charge in [0.15, 0.2) is 0 Å². The minimum absolute atomic E-state index is 0.115. The zero-order valence-electron chi connectivity index (χ0n) is 15.9. The number of benzene rings is 2. The average molecular weight is 384 g/mol. The molecule has 0 radical (unpaired) electrons. The number of hydrogen-bond donors (Lipinski definition) is 2. The number of nitrogens with one attached hydrogen (secondary N) is 2. The molecule has 0 unspecified atom stereocenters. The molecule has 0 saturated carbocycles. The van der Waals surface area contributed by atoms with Crippen LogP contribution in [0, 0.1) is 6.92 Å². The fraction of sp³-hybridized carbons (Fsp3) is 0.409. The number of anilines is 1. The molecule has 142 valence electrons. The predicted octanol–water partition coefficient (Wildman–Crippen LogP) is 3.97. The number of nitrogens with zero attached hydrogens (tertiary/aromatic N) is 1. The summed E-state index contributed by atoms with van der Waals surface area (Å²) >= 11 is 6.41. The third kappa shape index (κ3) is 3.32. The molecule has 27 heavy (non-hydrogen) atoms. The Bertz CT molecular complexity index is 874. The van der Waals surface area contributed by atoms with Crippen molar-refractivity contribution in [1.29, 1.82) is 0 Å². The molecule has 2 aliphatic rings. The smallest absolute Gasteiger partial charge is 0.253 e. The first-order valence-electron chi connectivity index (χ1n) is 9.63. The minimum Gasteiger partial charge on any atom is -0.374 e. The van der Waals surface area contributed by atoms with E-state index in [0.717, 1.165) is 66.3 Å². The number of fused-ring (bicyclic) bond motifs is 1. The number of aryl methyl sites for hydroxylation is 1. The molecule has 1 atom stereocenters. The van der Waals surface area contributed by atoms with Crippen LogP contribution in [-0.2, 0) is 12.0 Å². The van der Waals surface area contributed by atoms with Gasteiger partial charge in [0.2, 0.25) is 0 Å². The summed E-state index contributed by atoms with van der Waals surface area (Å²) in [5.74, 6) is 0.115. The van der Waals surface area contributed by atoms with Gasteiger partial charge in [-0.3, -0.25) is 4.79 Å². The van der Waals surface area contributed by atoms with Crippen molar-refractivity contribution in [3.63, 3.8) is 0 Å². The number of carbonyl (C=O) groups is 1. The van der Waals surface area contributed by atoms with Crippen molar-refractivity contribution in [3.8, 4) is 0 Å². The summed E-state index contributed by atoms with van der Waals surface area (Å²) in [5, 5.41) is 8.03. The van der Waals surface area contributed by atoms with Gasteiger partial charge in [-0.15, -0.1) is 0 Å². The molecule has 2 aromatic rings. The number of rotatable bonds is 3. The van der Waals surface area contributed by atoms with Gasteiger partial charge in [-0.25, -0.2) is 0 Å². The van der Waals surface area contributed by atoms with Crippen molar-refractivity contribution in [2.75, 3.05) is 32.0 Å². The lowest BCUT2D eigenvalue weighted by atomic mass is 9.85. The second-order valence-corrected chi connectivity index (χ2v) is 8.16. The Morgan fingerprint density at radius 2 is 2.11 bits per heavy atom. The summed E-state index contributed by atoms with van der Waals surface area (Å²) in [6.45, 7) is 4.67. The Morgan fingerprint density at radius 3 is 2.89 bits per heavy atom. The summed E-state index contributed by atoms with van der Waals surface area (Å²) in [6.07, 6.45) is 2.93. The summed E-state index contributed by atoms with van der Waals surface area (Å²) < 4.78 is 0. The lowest BCUT2D eigenvalue weighted by Gasteiger charge is -2.33. The van der Waals surface area contributed by atoms with Crippen LogP contribution in [0.1, 0.15) is 39.9 Å². The Hall–Kier alpha value is -2.04. The lowest BCUT2D eigenvalue weighted by molar-refractivity contribution is 0.0800. The first-order valence-corrected chi connectivity index (χ1v) is 10.0. The second-order valence-electron chi connectivity index (χ2n) is 7.75. The van der Waals surface area contributed by atoms with E-state index in [1.807, 2.05) is 30.1 Å². The average Bonchev–Trinajstić information content (AvgIpc) is 3.08. The Morgan fingerprint density at radius 1 is 1.26 bits per heavy atom. The van der Waals surface area contributed by atoms with Crippen molar-refractivity contribution in [3.05, 3.63) is 63.7 Å². The number of amides is 1. The molecular weight excluding hydrogens is 358 g/mol. The van der Waals surface area contributed by atoms with E-state index in [2.05, 4.69) is 35.8 Å². The van der Waals surface area contributed by atoms with E-state index >= 15 is 0 Å². The molecule has 5 heteroatoms. The second kappa shape index (κ2) is 7.17. The van der Waals surface area contributed by atoms with Crippen LogP contribution in [0.2, 0.25) is 5.02 Å². The molecule has 0 aliphatic carbocycles. The van der Waals surface area contributed by atoms with Crippen molar-refractivity contribution in [2.45, 2.75) is 31.7 Å². The highest BCUT2D eigenvalue weighted by Gasteiger charge is 2.37. The van der Waals surface area contributed by atoms with E-state index in [9.17, 15) is 4.79 Å². The largest absolute Gasteiger partial charge is 0.374 e. The van der Waals surface area contributed by atoms with Gasteiger partial charge in [0.1, 0.15) is 0 Å². The van der Waals surface area contributed by atoms with E-state index in [4.69, 9.17) is 11.6 Å². The lowest BCUT2D eigenvalue weighted by Crippen LogP contribution is -2.38. The van der Waals surface area contributed by atoms with Crippen LogP contribution in [0.15, 0.2) is 36.4 Å². The molecule has 2 N–H and O–H groups in total. The van der Waals surface area contributed by atoms with Gasteiger partial charge in [-0.05, 0) is 67.6 Å². The SMILES string of the molecule is Cc1c(Cl)cccc1[C@]1(Nc2ccc3c(c2)C(=O)N(C)CCC3)CCNC1. The Labute approximate surface area is 165 Å². The molecule has 1 fully saturated rings. The quantitative estimate of drug-likeness (QED) is 0.842. The highest BCUT2D eigenvalue weighted by atomic mass is 35.5. The van der Waals surface area contributed by atoms with Crippen LogP contribution in [0.4, 0.5) is 5.69 Å². The maximum absolute atomic E-state index is 12.7. The summed E-state index contributed by atoms with van der Waals surface area (Å²) in [7, 11) is 1.88. The normalized spacial score (nSPS) is 22.5. The van der Waals surface area contributed by atoms with Crippen molar-refractivity contribution < 1.29 is 4.79 Å². The first-order chi connectivity index (χ1) is 13.0. The van der Waals surface area contributed by atoms with Gasteiger partial charge >= 0.3 is 0 Å². The predicted molar refractivity (Wildman–Crippen MR) is 111 cm³/mol. The molecule has 2 aliphatic heterocycles. The molecule has 1 saturated heterocycles. The highest BCUT2D eigenvalue weighted by molar-refractivity contribution is 6.31. The molecular formula is C22H26ClN3O. The number of hydrogen-bond acceptors (Lipinski definition) is 3. The maximum atomic E-state index is 12.7. The fourth-order valence-corrected chi connectivity index (χ4v) is 4.56. The van der Waals surface area contributed by atoms with Crippen LogP contribution in [0.3, 0.4) is 0 Å². The molecule has 4 nitrogen and oxygen atoms in total. The molecule has 2 heterocycles. The van der Waals surface area contributed by atoms with Crippen LogP contribution < -0.4 is 10.6 Å². The van der Waals surface area contributed by atoms with Gasteiger partial charge in [0, 0.05) is 36.4 Å². The summed E-state index contributed by atoms with van der Waals surface area (Å²) in [6, 6.07) is 12.4. The first kappa shape index (κ1) is 18.3. The molecule has 0 spiro atoms. The van der Waals surface area contributed by atoms with Crippen LogP contribution in [-0.4, -0.2) is 37.5 Å². The standard InChI is InChI=1S/C22H26ClN3O/c1-15-19(6-3-7-20(15)23)22(10-11-24-14-22)25-17-9-8-16-5-4-12-26(2)21(27)18(16)13-17/h3,6-9,13,24-25H,4-5,10-12,14H2,1-2H3/t22-/m0/s1. The van der Waals surface area contributed by atoms with E-state index in [1.165, 1.54) is 5.56 Å². The van der Waals surface area contributed by atoms with Crippen molar-refractivity contribution >= 4 is 23.2 Å². The van der Waals surface area contributed by atoms with Gasteiger partial charge in [0.05, 0.1) is 5.54 Å². The van der Waals surface area contributed by atoms with E-state index in [0.29, 0.717) is 0 Å². The zero-order valence-corrected chi connectivity index (χ0v) is 16.7. The van der Waals surface area contributed by atoms with Gasteiger partial charge in [0.25, 0.3) is 5.91 Å². The Balaban J connectivity index is 1.72. The van der Waals surface area contributed by atoms with Crippen LogP contribution in [0.5, 0.6) is 0 Å². The highest BCUT2D eigenvalue weighted by Crippen LogP contribution is 2.37. The third-order valence-electron chi connectivity index (χ3n) is 5.95. The third-order valence-corrected chi connectivity index (χ3v) is 6.36. The zero-order chi connectivity index (χ0) is 19.0. The van der Waals surface area contributed by atoms with Crippen LogP contribution >= 0.6 is 11.6 Å². The number of halogens is 1. The topological polar surface area (TPSA) is 44.4 Å². The fourth-order valence-electron chi connectivity index (χ4n) is 4.38. The van der Waals surface area contributed by atoms with Gasteiger partial charge in [-0.2, -0.15) is 0 Å². The maximum Gasteiger partial charge on any atom is 0.253 e. The molecule has 0 bridgehead atoms. The van der Waals surface area contributed by atoms with E-state index < -0.39 is 0 Å². The molecule has 0 aromatic heterocycles. The van der Waals surface area contributed by atoms with Gasteiger partial charge in [-0.1, -0.05) is 29.8 Å². The van der Waals surface area contributed by atoms with Crippen LogP contribution in [0.25, 0.3) is 0 Å². The van der Waals surface area contributed by atoms with E-state index in [-0.39, 0.29) is 11.4 Å². The molecule has 4 rings (SSSR count). The summed E-state index contributed by atoms with van der Waals surface area (Å²) in [4.78, 5) is 14.6.